The first-order valence-corrected chi connectivity index (χ1v) is 10.6. The van der Waals surface area contributed by atoms with E-state index in [-0.39, 0.29) is 29.3 Å². The molecule has 1 aromatic carbocycles. The summed E-state index contributed by atoms with van der Waals surface area (Å²) in [6.07, 6.45) is 0.595. The van der Waals surface area contributed by atoms with Crippen molar-refractivity contribution in [2.24, 2.45) is 0 Å². The molecular formula is C18H28ClN3O4S. The van der Waals surface area contributed by atoms with E-state index in [1.165, 1.54) is 4.31 Å². The first kappa shape index (κ1) is 22.1. The molecule has 2 fully saturated rings. The van der Waals surface area contributed by atoms with Gasteiger partial charge in [0.25, 0.3) is 5.91 Å². The van der Waals surface area contributed by atoms with E-state index in [0.29, 0.717) is 44.8 Å². The highest BCUT2D eigenvalue weighted by Gasteiger charge is 2.30. The monoisotopic (exact) mass is 417 g/mol. The van der Waals surface area contributed by atoms with Crippen molar-refractivity contribution >= 4 is 28.3 Å². The minimum Gasteiger partial charge on any atom is -0.379 e. The van der Waals surface area contributed by atoms with Crippen LogP contribution in [0.3, 0.4) is 0 Å². The average Bonchev–Trinajstić information content (AvgIpc) is 2.68. The Kier molecular flexibility index (Phi) is 7.64. The van der Waals surface area contributed by atoms with E-state index in [9.17, 15) is 13.2 Å². The number of carbonyl (C=O) groups is 1. The van der Waals surface area contributed by atoms with E-state index in [0.717, 1.165) is 18.7 Å². The molecular weight excluding hydrogens is 390 g/mol. The van der Waals surface area contributed by atoms with E-state index < -0.39 is 10.0 Å². The first-order chi connectivity index (χ1) is 12.4. The molecule has 152 valence electrons. The van der Waals surface area contributed by atoms with Crippen molar-refractivity contribution in [2.75, 3.05) is 45.9 Å². The molecule has 27 heavy (non-hydrogen) atoms. The second-order valence-corrected chi connectivity index (χ2v) is 8.65. The van der Waals surface area contributed by atoms with Crippen LogP contribution in [0.1, 0.15) is 29.8 Å². The molecule has 1 atom stereocenters. The summed E-state index contributed by atoms with van der Waals surface area (Å²) in [4.78, 5) is 15.0. The third-order valence-corrected chi connectivity index (χ3v) is 7.03. The van der Waals surface area contributed by atoms with Crippen molar-refractivity contribution in [1.82, 2.24) is 14.5 Å². The van der Waals surface area contributed by atoms with Gasteiger partial charge < -0.3 is 15.0 Å². The van der Waals surface area contributed by atoms with Gasteiger partial charge in [-0.2, -0.15) is 4.31 Å². The lowest BCUT2D eigenvalue weighted by molar-refractivity contribution is 0.0655. The zero-order chi connectivity index (χ0) is 18.7. The summed E-state index contributed by atoms with van der Waals surface area (Å²) in [7, 11) is -3.63. The molecule has 7 nitrogen and oxygen atoms in total. The van der Waals surface area contributed by atoms with Crippen LogP contribution in [0.5, 0.6) is 0 Å². The first-order valence-electron chi connectivity index (χ1n) is 9.17. The molecule has 1 amide bonds. The topological polar surface area (TPSA) is 79.0 Å². The second-order valence-electron chi connectivity index (χ2n) is 6.74. The van der Waals surface area contributed by atoms with E-state index >= 15 is 0 Å². The lowest BCUT2D eigenvalue weighted by Crippen LogP contribution is -2.52. The number of piperazine rings is 1. The molecule has 0 aliphatic carbocycles. The fourth-order valence-electron chi connectivity index (χ4n) is 3.45. The summed E-state index contributed by atoms with van der Waals surface area (Å²) >= 11 is 0. The van der Waals surface area contributed by atoms with Gasteiger partial charge in [-0.25, -0.2) is 8.42 Å². The van der Waals surface area contributed by atoms with Gasteiger partial charge in [0.05, 0.1) is 18.1 Å². The molecule has 2 saturated heterocycles. The smallest absolute Gasteiger partial charge is 0.254 e. The SMILES string of the molecule is CCc1ccc(C(=O)N2CCNC[C@@H]2C)cc1S(=O)(=O)N1CCOCC1.Cl. The summed E-state index contributed by atoms with van der Waals surface area (Å²) < 4.78 is 33.0. The largest absolute Gasteiger partial charge is 0.379 e. The Morgan fingerprint density at radius 3 is 2.59 bits per heavy atom. The molecule has 0 spiro atoms. The maximum atomic E-state index is 13.1. The molecule has 9 heteroatoms. The number of halogens is 1. The zero-order valence-corrected chi connectivity index (χ0v) is 17.4. The number of nitrogens with zero attached hydrogens (tertiary/aromatic N) is 2. The minimum atomic E-state index is -3.63. The summed E-state index contributed by atoms with van der Waals surface area (Å²) in [5, 5.41) is 3.26. The number of ether oxygens (including phenoxy) is 1. The summed E-state index contributed by atoms with van der Waals surface area (Å²) in [5.74, 6) is -0.111. The summed E-state index contributed by atoms with van der Waals surface area (Å²) in [6, 6.07) is 5.16. The number of carbonyl (C=O) groups excluding carboxylic acids is 1. The normalized spacial score (nSPS) is 21.6. The van der Waals surface area contributed by atoms with Gasteiger partial charge in [-0.1, -0.05) is 13.0 Å². The van der Waals surface area contributed by atoms with Crippen molar-refractivity contribution in [3.8, 4) is 0 Å². The number of morpholine rings is 1. The fourth-order valence-corrected chi connectivity index (χ4v) is 5.18. The van der Waals surface area contributed by atoms with Crippen molar-refractivity contribution in [2.45, 2.75) is 31.2 Å². The summed E-state index contributed by atoms with van der Waals surface area (Å²) in [6.45, 7) is 7.54. The van der Waals surface area contributed by atoms with E-state index in [4.69, 9.17) is 4.74 Å². The highest BCUT2D eigenvalue weighted by atomic mass is 35.5. The maximum Gasteiger partial charge on any atom is 0.254 e. The van der Waals surface area contributed by atoms with Crippen LogP contribution in [0, 0.1) is 0 Å². The van der Waals surface area contributed by atoms with Gasteiger partial charge in [0, 0.05) is 44.3 Å². The van der Waals surface area contributed by atoms with Gasteiger partial charge in [0.15, 0.2) is 0 Å². The van der Waals surface area contributed by atoms with Gasteiger partial charge in [0.2, 0.25) is 10.0 Å². The number of rotatable bonds is 4. The van der Waals surface area contributed by atoms with Crippen molar-refractivity contribution < 1.29 is 17.9 Å². The lowest BCUT2D eigenvalue weighted by atomic mass is 10.1. The molecule has 2 heterocycles. The van der Waals surface area contributed by atoms with Gasteiger partial charge in [0.1, 0.15) is 0 Å². The number of nitrogens with one attached hydrogen (secondary N) is 1. The predicted molar refractivity (Wildman–Crippen MR) is 106 cm³/mol. The van der Waals surface area contributed by atoms with Gasteiger partial charge in [-0.3, -0.25) is 4.79 Å². The number of amides is 1. The fraction of sp³-hybridized carbons (Fsp3) is 0.611. The molecule has 0 unspecified atom stereocenters. The van der Waals surface area contributed by atoms with Crippen LogP contribution < -0.4 is 5.32 Å². The maximum absolute atomic E-state index is 13.1. The Morgan fingerprint density at radius 2 is 1.96 bits per heavy atom. The Labute approximate surface area is 167 Å². The van der Waals surface area contributed by atoms with Crippen LogP contribution in [0.4, 0.5) is 0 Å². The number of sulfonamides is 1. The van der Waals surface area contributed by atoms with Crippen molar-refractivity contribution in [3.63, 3.8) is 0 Å². The third kappa shape index (κ3) is 4.63. The van der Waals surface area contributed by atoms with Crippen LogP contribution in [0.15, 0.2) is 23.1 Å². The highest BCUT2D eigenvalue weighted by molar-refractivity contribution is 7.89. The summed E-state index contributed by atoms with van der Waals surface area (Å²) in [5.41, 5.74) is 1.17. The molecule has 1 aromatic rings. The van der Waals surface area contributed by atoms with Crippen LogP contribution in [-0.4, -0.2) is 75.5 Å². The molecule has 1 N–H and O–H groups in total. The average molecular weight is 418 g/mol. The molecule has 0 radical (unpaired) electrons. The molecule has 3 rings (SSSR count). The van der Waals surface area contributed by atoms with E-state index in [1.54, 1.807) is 18.2 Å². The van der Waals surface area contributed by atoms with Crippen LogP contribution in [-0.2, 0) is 21.2 Å². The molecule has 0 bridgehead atoms. The van der Waals surface area contributed by atoms with Gasteiger partial charge in [-0.05, 0) is 31.0 Å². The Bertz CT molecular complexity index is 766. The standard InChI is InChI=1S/C18H27N3O4S.ClH/c1-3-15-4-5-16(18(22)21-7-6-19-13-14(21)2)12-17(15)26(23,24)20-8-10-25-11-9-20;/h4-5,12,14,19H,3,6-11,13H2,1-2H3;1H/t14-;/m0./s1. The Hall–Kier alpha value is -1.19. The number of aryl methyl sites for hydroxylation is 1. The Balaban J connectivity index is 0.00000261. The van der Waals surface area contributed by atoms with Crippen LogP contribution >= 0.6 is 12.4 Å². The Morgan fingerprint density at radius 1 is 1.26 bits per heavy atom. The van der Waals surface area contributed by atoms with Crippen molar-refractivity contribution in [1.29, 1.82) is 0 Å². The third-order valence-electron chi connectivity index (χ3n) is 5.05. The molecule has 2 aliphatic rings. The molecule has 0 saturated carbocycles. The number of hydrogen-bond acceptors (Lipinski definition) is 5. The second kappa shape index (κ2) is 9.34. The predicted octanol–water partition coefficient (Wildman–Crippen LogP) is 1.13. The molecule has 2 aliphatic heterocycles. The number of hydrogen-bond donors (Lipinski definition) is 1. The van der Waals surface area contributed by atoms with Crippen molar-refractivity contribution in [3.05, 3.63) is 29.3 Å². The molecule has 0 aromatic heterocycles. The quantitative estimate of drug-likeness (QED) is 0.794. The van der Waals surface area contributed by atoms with Crippen LogP contribution in [0.25, 0.3) is 0 Å². The minimum absolute atomic E-state index is 0. The van der Waals surface area contributed by atoms with Gasteiger partial charge >= 0.3 is 0 Å². The van der Waals surface area contributed by atoms with Gasteiger partial charge in [-0.15, -0.1) is 12.4 Å². The zero-order valence-electron chi connectivity index (χ0n) is 15.8. The van der Waals surface area contributed by atoms with Crippen LogP contribution in [0.2, 0.25) is 0 Å². The van der Waals surface area contributed by atoms with E-state index in [2.05, 4.69) is 5.32 Å². The lowest BCUT2D eigenvalue weighted by Gasteiger charge is -2.34. The van der Waals surface area contributed by atoms with E-state index in [1.807, 2.05) is 18.7 Å². The highest BCUT2D eigenvalue weighted by Crippen LogP contribution is 2.24. The number of benzene rings is 1.